The molecular weight excluding hydrogens is 300 g/mol. The van der Waals surface area contributed by atoms with E-state index in [4.69, 9.17) is 0 Å². The first kappa shape index (κ1) is 21.0. The van der Waals surface area contributed by atoms with Crippen molar-refractivity contribution in [2.45, 2.75) is 80.1 Å². The largest absolute Gasteiger partial charge is 0.356 e. The van der Waals surface area contributed by atoms with E-state index in [0.29, 0.717) is 12.8 Å². The van der Waals surface area contributed by atoms with Crippen LogP contribution in [0.1, 0.15) is 80.1 Å². The summed E-state index contributed by atoms with van der Waals surface area (Å²) in [6, 6.07) is 0. The van der Waals surface area contributed by atoms with Crippen molar-refractivity contribution >= 4 is 11.8 Å². The third-order valence-corrected chi connectivity index (χ3v) is 4.62. The Kier molecular flexibility index (Phi) is 7.75. The Morgan fingerprint density at radius 1 is 1.08 bits per heavy atom. The molecule has 0 heterocycles. The average molecular weight is 339 g/mol. The van der Waals surface area contributed by atoms with Crippen LogP contribution < -0.4 is 5.32 Å². The van der Waals surface area contributed by atoms with Gasteiger partial charge in [-0.2, -0.15) is 0 Å². The lowest BCUT2D eigenvalue weighted by molar-refractivity contribution is -0.133. The number of nitrogens with one attached hydrogen (secondary N) is 1. The van der Waals surface area contributed by atoms with Crippen molar-refractivity contribution in [1.29, 1.82) is 0 Å². The Bertz CT molecular complexity index is 420. The highest BCUT2D eigenvalue weighted by Gasteiger charge is 2.26. The lowest BCUT2D eigenvalue weighted by Gasteiger charge is -2.28. The van der Waals surface area contributed by atoms with Crippen LogP contribution in [0, 0.1) is 16.7 Å². The minimum absolute atomic E-state index is 0.0138. The summed E-state index contributed by atoms with van der Waals surface area (Å²) in [5.41, 5.74) is 0.0174. The molecule has 4 heteroatoms. The van der Waals surface area contributed by atoms with Crippen LogP contribution in [0.2, 0.25) is 0 Å². The zero-order valence-electron chi connectivity index (χ0n) is 16.7. The molecule has 1 aliphatic carbocycles. The van der Waals surface area contributed by atoms with E-state index in [1.165, 1.54) is 12.8 Å². The molecule has 140 valence electrons. The van der Waals surface area contributed by atoms with E-state index in [1.807, 2.05) is 11.8 Å². The highest BCUT2D eigenvalue weighted by atomic mass is 16.2. The van der Waals surface area contributed by atoms with Gasteiger partial charge >= 0.3 is 0 Å². The Hall–Kier alpha value is -1.06. The predicted molar refractivity (Wildman–Crippen MR) is 99.7 cm³/mol. The molecule has 1 fully saturated rings. The normalized spacial score (nSPS) is 15.2. The van der Waals surface area contributed by atoms with E-state index >= 15 is 0 Å². The van der Waals surface area contributed by atoms with Crippen molar-refractivity contribution in [3.8, 4) is 0 Å². The van der Waals surface area contributed by atoms with Crippen LogP contribution >= 0.6 is 0 Å². The van der Waals surface area contributed by atoms with Gasteiger partial charge in [0.1, 0.15) is 0 Å². The Morgan fingerprint density at radius 3 is 2.21 bits per heavy atom. The van der Waals surface area contributed by atoms with Crippen LogP contribution in [0.15, 0.2) is 0 Å². The van der Waals surface area contributed by atoms with E-state index in [2.05, 4.69) is 39.9 Å². The Balaban J connectivity index is 2.30. The molecule has 0 saturated heterocycles. The number of nitrogens with zero attached hydrogens (tertiary/aromatic N) is 1. The van der Waals surface area contributed by atoms with Gasteiger partial charge in [0, 0.05) is 32.5 Å². The molecule has 0 aromatic carbocycles. The molecule has 0 atom stereocenters. The zero-order valence-corrected chi connectivity index (χ0v) is 16.7. The summed E-state index contributed by atoms with van der Waals surface area (Å²) in [6.07, 6.45) is 5.60. The van der Waals surface area contributed by atoms with E-state index in [0.717, 1.165) is 38.4 Å². The topological polar surface area (TPSA) is 49.4 Å². The van der Waals surface area contributed by atoms with Crippen molar-refractivity contribution < 1.29 is 9.59 Å². The SMILES string of the molecule is CCN(CCCC(C)(C)CC(=O)NCC1CC1)C(=O)CC(C)(C)C. The molecule has 1 aliphatic rings. The van der Waals surface area contributed by atoms with Crippen LogP contribution in [0.25, 0.3) is 0 Å². The van der Waals surface area contributed by atoms with Crippen LogP contribution in [-0.2, 0) is 9.59 Å². The molecule has 1 N–H and O–H groups in total. The monoisotopic (exact) mass is 338 g/mol. The predicted octanol–water partition coefficient (Wildman–Crippen LogP) is 3.99. The number of carbonyl (C=O) groups excluding carboxylic acids is 2. The van der Waals surface area contributed by atoms with Crippen LogP contribution in [0.5, 0.6) is 0 Å². The highest BCUT2D eigenvalue weighted by Crippen LogP contribution is 2.29. The van der Waals surface area contributed by atoms with Gasteiger partial charge in [0.05, 0.1) is 0 Å². The number of hydrogen-bond donors (Lipinski definition) is 1. The maximum absolute atomic E-state index is 12.3. The lowest BCUT2D eigenvalue weighted by Crippen LogP contribution is -2.35. The fourth-order valence-electron chi connectivity index (χ4n) is 2.94. The van der Waals surface area contributed by atoms with Gasteiger partial charge in [-0.15, -0.1) is 0 Å². The van der Waals surface area contributed by atoms with Gasteiger partial charge in [-0.25, -0.2) is 0 Å². The second-order valence-corrected chi connectivity index (χ2v) is 9.40. The number of hydrogen-bond acceptors (Lipinski definition) is 2. The summed E-state index contributed by atoms with van der Waals surface area (Å²) >= 11 is 0. The minimum atomic E-state index is -0.0138. The second kappa shape index (κ2) is 8.87. The van der Waals surface area contributed by atoms with Gasteiger partial charge < -0.3 is 10.2 Å². The molecular formula is C20H38N2O2. The molecule has 0 aromatic rings. The van der Waals surface area contributed by atoms with Crippen LogP contribution in [0.3, 0.4) is 0 Å². The molecule has 4 nitrogen and oxygen atoms in total. The van der Waals surface area contributed by atoms with Gasteiger partial charge in [-0.3, -0.25) is 9.59 Å². The van der Waals surface area contributed by atoms with E-state index in [9.17, 15) is 9.59 Å². The van der Waals surface area contributed by atoms with Crippen LogP contribution in [0.4, 0.5) is 0 Å². The molecule has 24 heavy (non-hydrogen) atoms. The molecule has 0 bridgehead atoms. The molecule has 0 aliphatic heterocycles. The zero-order chi connectivity index (χ0) is 18.4. The lowest BCUT2D eigenvalue weighted by atomic mass is 9.84. The maximum atomic E-state index is 12.3. The van der Waals surface area contributed by atoms with Crippen LogP contribution in [-0.4, -0.2) is 36.3 Å². The van der Waals surface area contributed by atoms with Crippen molar-refractivity contribution in [2.24, 2.45) is 16.7 Å². The van der Waals surface area contributed by atoms with Crippen molar-refractivity contribution in [3.63, 3.8) is 0 Å². The first-order chi connectivity index (χ1) is 11.0. The van der Waals surface area contributed by atoms with Gasteiger partial charge in [-0.1, -0.05) is 34.6 Å². The fraction of sp³-hybridized carbons (Fsp3) is 0.900. The fourth-order valence-corrected chi connectivity index (χ4v) is 2.94. The molecule has 0 spiro atoms. The summed E-state index contributed by atoms with van der Waals surface area (Å²) in [5.74, 6) is 1.14. The molecule has 0 radical (unpaired) electrons. The highest BCUT2D eigenvalue weighted by molar-refractivity contribution is 5.77. The summed E-state index contributed by atoms with van der Waals surface area (Å²) in [7, 11) is 0. The van der Waals surface area contributed by atoms with Gasteiger partial charge in [-0.05, 0) is 49.4 Å². The number of carbonyl (C=O) groups is 2. The summed E-state index contributed by atoms with van der Waals surface area (Å²) in [5, 5.41) is 3.05. The van der Waals surface area contributed by atoms with Gasteiger partial charge in [0.15, 0.2) is 0 Å². The molecule has 1 saturated carbocycles. The van der Waals surface area contributed by atoms with E-state index < -0.39 is 0 Å². The van der Waals surface area contributed by atoms with Crippen molar-refractivity contribution in [2.75, 3.05) is 19.6 Å². The van der Waals surface area contributed by atoms with Crippen molar-refractivity contribution in [1.82, 2.24) is 10.2 Å². The summed E-state index contributed by atoms with van der Waals surface area (Å²) in [6.45, 7) is 15.0. The van der Waals surface area contributed by atoms with Crippen molar-refractivity contribution in [3.05, 3.63) is 0 Å². The first-order valence-corrected chi connectivity index (χ1v) is 9.57. The molecule has 0 unspecified atom stereocenters. The summed E-state index contributed by atoms with van der Waals surface area (Å²) < 4.78 is 0. The average Bonchev–Trinajstić information content (AvgIpc) is 3.22. The van der Waals surface area contributed by atoms with Gasteiger partial charge in [0.2, 0.25) is 11.8 Å². The molecule has 1 rings (SSSR count). The third-order valence-electron chi connectivity index (χ3n) is 4.62. The van der Waals surface area contributed by atoms with E-state index in [1.54, 1.807) is 0 Å². The molecule has 0 aromatic heterocycles. The summed E-state index contributed by atoms with van der Waals surface area (Å²) in [4.78, 5) is 26.3. The quantitative estimate of drug-likeness (QED) is 0.654. The Labute approximate surface area is 148 Å². The smallest absolute Gasteiger partial charge is 0.223 e. The standard InChI is InChI=1S/C20H38N2O2/c1-7-22(18(24)14-19(2,3)4)12-8-11-20(5,6)13-17(23)21-15-16-9-10-16/h16H,7-15H2,1-6H3,(H,21,23). The second-order valence-electron chi connectivity index (χ2n) is 9.40. The first-order valence-electron chi connectivity index (χ1n) is 9.57. The van der Waals surface area contributed by atoms with E-state index in [-0.39, 0.29) is 22.6 Å². The van der Waals surface area contributed by atoms with Gasteiger partial charge in [0.25, 0.3) is 0 Å². The Morgan fingerprint density at radius 2 is 1.71 bits per heavy atom. The molecule has 2 amide bonds. The third kappa shape index (κ3) is 9.29. The minimum Gasteiger partial charge on any atom is -0.356 e. The number of rotatable bonds is 10. The maximum Gasteiger partial charge on any atom is 0.223 e. The number of amides is 2.